The first-order chi connectivity index (χ1) is 9.90. The summed E-state index contributed by atoms with van der Waals surface area (Å²) in [6, 6.07) is 17.7. The summed E-state index contributed by atoms with van der Waals surface area (Å²) in [7, 11) is 0. The minimum absolute atomic E-state index is 0.713. The fraction of sp³-hybridized carbons (Fsp3) is 0. The second kappa shape index (κ2) is 7.53. The molecular weight excluding hydrogens is 250 g/mol. The molecule has 0 atom stereocenters. The fourth-order valence-corrected chi connectivity index (χ4v) is 1.59. The summed E-state index contributed by atoms with van der Waals surface area (Å²) < 4.78 is 0. The Labute approximate surface area is 117 Å². The van der Waals surface area contributed by atoms with Crippen molar-refractivity contribution in [1.29, 1.82) is 0 Å². The first-order valence-electron chi connectivity index (χ1n) is 6.06. The van der Waals surface area contributed by atoms with Gasteiger partial charge in [-0.2, -0.15) is 0 Å². The number of aldehydes is 1. The van der Waals surface area contributed by atoms with Gasteiger partial charge in [0, 0.05) is 5.56 Å². The number of nitrogens with zero attached hydrogens (tertiary/aromatic N) is 3. The standard InChI is InChI=1S/C13H10O.C3H3N3/c14-10-11-6-8-13(9-7-11)12-4-2-1-3-5-12;1-4-2-6-3-5-1/h1-10H;1-3H. The Kier molecular flexibility index (Phi) is 5.10. The average Bonchev–Trinajstić information content (AvgIpc) is 2.58. The maximum Gasteiger partial charge on any atom is 0.150 e. The topological polar surface area (TPSA) is 55.7 Å². The van der Waals surface area contributed by atoms with Crippen LogP contribution in [0, 0.1) is 0 Å². The Morgan fingerprint density at radius 2 is 1.15 bits per heavy atom. The molecule has 0 bridgehead atoms. The first kappa shape index (κ1) is 13.5. The number of aromatic nitrogens is 3. The quantitative estimate of drug-likeness (QED) is 0.667. The summed E-state index contributed by atoms with van der Waals surface area (Å²) in [4.78, 5) is 21.1. The highest BCUT2D eigenvalue weighted by Crippen LogP contribution is 2.18. The van der Waals surface area contributed by atoms with Crippen molar-refractivity contribution < 1.29 is 4.79 Å². The van der Waals surface area contributed by atoms with Crippen LogP contribution in [0.4, 0.5) is 0 Å². The molecule has 0 aliphatic heterocycles. The maximum absolute atomic E-state index is 10.5. The lowest BCUT2D eigenvalue weighted by Crippen LogP contribution is -1.80. The fourth-order valence-electron chi connectivity index (χ4n) is 1.59. The lowest BCUT2D eigenvalue weighted by molar-refractivity contribution is 0.112. The summed E-state index contributed by atoms with van der Waals surface area (Å²) in [5.74, 6) is 0. The van der Waals surface area contributed by atoms with Crippen LogP contribution in [-0.4, -0.2) is 21.2 Å². The molecule has 0 aliphatic rings. The van der Waals surface area contributed by atoms with Gasteiger partial charge in [0.25, 0.3) is 0 Å². The molecule has 3 aromatic rings. The van der Waals surface area contributed by atoms with Crippen LogP contribution < -0.4 is 0 Å². The average molecular weight is 263 g/mol. The van der Waals surface area contributed by atoms with Gasteiger partial charge in [0.05, 0.1) is 0 Å². The Morgan fingerprint density at radius 1 is 0.650 bits per heavy atom. The third-order valence-corrected chi connectivity index (χ3v) is 2.55. The predicted molar refractivity (Wildman–Crippen MR) is 77.1 cm³/mol. The molecule has 1 aromatic heterocycles. The van der Waals surface area contributed by atoms with E-state index in [1.807, 2.05) is 42.5 Å². The molecular formula is C16H13N3O. The summed E-state index contributed by atoms with van der Waals surface area (Å²) in [5, 5.41) is 0. The van der Waals surface area contributed by atoms with Crippen LogP contribution in [-0.2, 0) is 0 Å². The van der Waals surface area contributed by atoms with Gasteiger partial charge in [-0.3, -0.25) is 4.79 Å². The molecule has 3 rings (SSSR count). The normalized spacial score (nSPS) is 9.20. The lowest BCUT2D eigenvalue weighted by atomic mass is 10.0. The molecule has 20 heavy (non-hydrogen) atoms. The second-order valence-corrected chi connectivity index (χ2v) is 3.90. The maximum atomic E-state index is 10.5. The van der Waals surface area contributed by atoms with Crippen molar-refractivity contribution in [3.8, 4) is 11.1 Å². The van der Waals surface area contributed by atoms with Gasteiger partial charge in [-0.05, 0) is 11.1 Å². The molecule has 0 saturated heterocycles. The number of carbonyl (C=O) groups excluding carboxylic acids is 1. The Balaban J connectivity index is 0.000000205. The summed E-state index contributed by atoms with van der Waals surface area (Å²) >= 11 is 0. The van der Waals surface area contributed by atoms with E-state index in [2.05, 4.69) is 27.1 Å². The molecule has 0 amide bonds. The van der Waals surface area contributed by atoms with Gasteiger partial charge in [-0.25, -0.2) is 15.0 Å². The zero-order valence-electron chi connectivity index (χ0n) is 10.8. The second-order valence-electron chi connectivity index (χ2n) is 3.90. The predicted octanol–water partition coefficient (Wildman–Crippen LogP) is 3.04. The zero-order valence-corrected chi connectivity index (χ0v) is 10.8. The molecule has 0 saturated carbocycles. The molecule has 98 valence electrons. The van der Waals surface area contributed by atoms with Crippen molar-refractivity contribution in [1.82, 2.24) is 15.0 Å². The van der Waals surface area contributed by atoms with Crippen molar-refractivity contribution in [3.63, 3.8) is 0 Å². The first-order valence-corrected chi connectivity index (χ1v) is 6.06. The number of benzene rings is 2. The van der Waals surface area contributed by atoms with Gasteiger partial charge in [0.15, 0.2) is 0 Å². The molecule has 1 heterocycles. The highest BCUT2D eigenvalue weighted by atomic mass is 16.1. The van der Waals surface area contributed by atoms with Crippen molar-refractivity contribution in [2.45, 2.75) is 0 Å². The van der Waals surface area contributed by atoms with E-state index >= 15 is 0 Å². The van der Waals surface area contributed by atoms with Crippen LogP contribution in [0.5, 0.6) is 0 Å². The van der Waals surface area contributed by atoms with E-state index in [4.69, 9.17) is 0 Å². The SMILES string of the molecule is O=Cc1ccc(-c2ccccc2)cc1.c1ncncn1. The molecule has 0 fully saturated rings. The van der Waals surface area contributed by atoms with Crippen molar-refractivity contribution >= 4 is 6.29 Å². The molecule has 0 aliphatic carbocycles. The molecule has 4 nitrogen and oxygen atoms in total. The van der Waals surface area contributed by atoms with Gasteiger partial charge in [0.1, 0.15) is 25.3 Å². The molecule has 2 aromatic carbocycles. The van der Waals surface area contributed by atoms with Crippen LogP contribution in [0.3, 0.4) is 0 Å². The minimum atomic E-state index is 0.713. The zero-order chi connectivity index (χ0) is 14.0. The van der Waals surface area contributed by atoms with E-state index in [0.717, 1.165) is 11.8 Å². The van der Waals surface area contributed by atoms with Gasteiger partial charge >= 0.3 is 0 Å². The van der Waals surface area contributed by atoms with E-state index in [0.29, 0.717) is 5.56 Å². The van der Waals surface area contributed by atoms with Crippen molar-refractivity contribution in [2.24, 2.45) is 0 Å². The van der Waals surface area contributed by atoms with Crippen molar-refractivity contribution in [2.75, 3.05) is 0 Å². The van der Waals surface area contributed by atoms with Crippen LogP contribution >= 0.6 is 0 Å². The largest absolute Gasteiger partial charge is 0.298 e. The third kappa shape index (κ3) is 4.10. The van der Waals surface area contributed by atoms with Gasteiger partial charge in [-0.1, -0.05) is 54.6 Å². The lowest BCUT2D eigenvalue weighted by Gasteiger charge is -2.00. The van der Waals surface area contributed by atoms with Crippen LogP contribution in [0.2, 0.25) is 0 Å². The van der Waals surface area contributed by atoms with Crippen LogP contribution in [0.25, 0.3) is 11.1 Å². The molecule has 0 radical (unpaired) electrons. The van der Waals surface area contributed by atoms with E-state index in [1.165, 1.54) is 24.5 Å². The third-order valence-electron chi connectivity index (χ3n) is 2.55. The Morgan fingerprint density at radius 3 is 1.60 bits per heavy atom. The molecule has 0 N–H and O–H groups in total. The minimum Gasteiger partial charge on any atom is -0.298 e. The van der Waals surface area contributed by atoms with E-state index in [9.17, 15) is 4.79 Å². The van der Waals surface area contributed by atoms with Gasteiger partial charge < -0.3 is 0 Å². The van der Waals surface area contributed by atoms with Crippen molar-refractivity contribution in [3.05, 3.63) is 79.1 Å². The number of carbonyl (C=O) groups is 1. The summed E-state index contributed by atoms with van der Waals surface area (Å²) in [6.07, 6.45) is 5.17. The summed E-state index contributed by atoms with van der Waals surface area (Å²) in [5.41, 5.74) is 3.02. The highest BCUT2D eigenvalue weighted by Gasteiger charge is 1.95. The Bertz CT molecular complexity index is 598. The van der Waals surface area contributed by atoms with Crippen LogP contribution in [0.15, 0.2) is 73.6 Å². The van der Waals surface area contributed by atoms with E-state index in [-0.39, 0.29) is 0 Å². The van der Waals surface area contributed by atoms with E-state index in [1.54, 1.807) is 0 Å². The van der Waals surface area contributed by atoms with Gasteiger partial charge in [-0.15, -0.1) is 0 Å². The molecule has 0 unspecified atom stereocenters. The Hall–Kier alpha value is -2.88. The number of rotatable bonds is 2. The highest BCUT2D eigenvalue weighted by molar-refractivity contribution is 5.76. The van der Waals surface area contributed by atoms with E-state index < -0.39 is 0 Å². The smallest absolute Gasteiger partial charge is 0.150 e. The monoisotopic (exact) mass is 263 g/mol. The van der Waals surface area contributed by atoms with Crippen LogP contribution in [0.1, 0.15) is 10.4 Å². The molecule has 4 heteroatoms. The number of hydrogen-bond acceptors (Lipinski definition) is 4. The summed E-state index contributed by atoms with van der Waals surface area (Å²) in [6.45, 7) is 0. The number of hydrogen-bond donors (Lipinski definition) is 0. The van der Waals surface area contributed by atoms with Gasteiger partial charge in [0.2, 0.25) is 0 Å². The molecule has 0 spiro atoms.